The summed E-state index contributed by atoms with van der Waals surface area (Å²) in [7, 11) is 0. The van der Waals surface area contributed by atoms with Crippen LogP contribution in [0, 0.1) is 0 Å². The molecule has 0 amide bonds. The number of carbonyl (C=O) groups excluding carboxylic acids is 1. The van der Waals surface area contributed by atoms with E-state index in [4.69, 9.17) is 18.9 Å². The molecule has 1 saturated heterocycles. The Hall–Kier alpha value is -1.59. The van der Waals surface area contributed by atoms with Gasteiger partial charge in [-0.1, -0.05) is 185 Å². The smallest absolute Gasteiger partial charge is 0.306 e. The molecule has 0 bridgehead atoms. The minimum Gasteiger partial charge on any atom is -0.457 e. The molecule has 358 valence electrons. The van der Waals surface area contributed by atoms with Crippen LogP contribution in [0.5, 0.6) is 0 Å². The van der Waals surface area contributed by atoms with E-state index in [-0.39, 0.29) is 19.2 Å². The van der Waals surface area contributed by atoms with Gasteiger partial charge in [0.05, 0.1) is 19.8 Å². The van der Waals surface area contributed by atoms with Crippen LogP contribution in [-0.4, -0.2) is 89.6 Å². The third kappa shape index (κ3) is 34.5. The number of hydrogen-bond donors (Lipinski definition) is 4. The standard InChI is InChI=1S/C52H96O9/c1-3-5-7-9-11-13-15-17-19-21-23-24-26-28-30-32-34-36-38-40-42-58-44-46(45-59-52-51(57)50(56)49(55)47(43-53)61-52)60-48(54)41-39-37-35-33-31-29-27-25-22-20-18-16-14-12-10-8-6-4-2/h14,16-17,19-20,22,46-47,49-53,55-57H,3-13,15,18,21,23-45H2,1-2H3/b16-14-,19-17-,22-20-. The van der Waals surface area contributed by atoms with Crippen LogP contribution in [-0.2, 0) is 23.7 Å². The van der Waals surface area contributed by atoms with Gasteiger partial charge >= 0.3 is 5.97 Å². The Kier molecular flexibility index (Phi) is 41.1. The summed E-state index contributed by atoms with van der Waals surface area (Å²) in [6.45, 7) is 4.55. The topological polar surface area (TPSA) is 135 Å². The van der Waals surface area contributed by atoms with Gasteiger partial charge in [-0.25, -0.2) is 0 Å². The number of carbonyl (C=O) groups is 1. The number of aliphatic hydroxyl groups excluding tert-OH is 4. The molecule has 0 spiro atoms. The molecule has 1 fully saturated rings. The van der Waals surface area contributed by atoms with Gasteiger partial charge in [0.2, 0.25) is 0 Å². The van der Waals surface area contributed by atoms with Crippen LogP contribution in [0.4, 0.5) is 0 Å². The first-order chi connectivity index (χ1) is 29.9. The fourth-order valence-corrected chi connectivity index (χ4v) is 7.75. The van der Waals surface area contributed by atoms with Gasteiger partial charge in [-0.3, -0.25) is 4.79 Å². The average molecular weight is 865 g/mol. The maximum Gasteiger partial charge on any atom is 0.306 e. The fraction of sp³-hybridized carbons (Fsp3) is 0.865. The molecule has 4 N–H and O–H groups in total. The molecule has 1 aliphatic rings. The van der Waals surface area contributed by atoms with Gasteiger partial charge in [0, 0.05) is 13.0 Å². The van der Waals surface area contributed by atoms with Gasteiger partial charge in [-0.05, 0) is 70.6 Å². The van der Waals surface area contributed by atoms with Crippen LogP contribution in [0.25, 0.3) is 0 Å². The molecule has 0 aromatic heterocycles. The normalized spacial score (nSPS) is 20.1. The summed E-state index contributed by atoms with van der Waals surface area (Å²) in [5.74, 6) is -0.320. The Morgan fingerprint density at radius 3 is 1.44 bits per heavy atom. The lowest BCUT2D eigenvalue weighted by Gasteiger charge is -2.39. The highest BCUT2D eigenvalue weighted by molar-refractivity contribution is 5.69. The van der Waals surface area contributed by atoms with Gasteiger partial charge in [-0.15, -0.1) is 0 Å². The Labute approximate surface area is 374 Å². The molecule has 0 aromatic rings. The molecular weight excluding hydrogens is 769 g/mol. The minimum absolute atomic E-state index is 0.116. The summed E-state index contributed by atoms with van der Waals surface area (Å²) in [6, 6.07) is 0. The highest BCUT2D eigenvalue weighted by Gasteiger charge is 2.44. The maximum absolute atomic E-state index is 12.8. The predicted octanol–water partition coefficient (Wildman–Crippen LogP) is 12.3. The van der Waals surface area contributed by atoms with E-state index in [0.29, 0.717) is 13.0 Å². The summed E-state index contributed by atoms with van der Waals surface area (Å²) in [5, 5.41) is 40.2. The number of unbranched alkanes of at least 4 members (excludes halogenated alkanes) is 27. The lowest BCUT2D eigenvalue weighted by molar-refractivity contribution is -0.305. The molecule has 0 radical (unpaired) electrons. The van der Waals surface area contributed by atoms with Crippen LogP contribution < -0.4 is 0 Å². The lowest BCUT2D eigenvalue weighted by atomic mass is 9.99. The molecule has 1 rings (SSSR count). The zero-order chi connectivity index (χ0) is 44.3. The van der Waals surface area contributed by atoms with E-state index in [1.54, 1.807) is 0 Å². The molecule has 1 aliphatic heterocycles. The van der Waals surface area contributed by atoms with Crippen LogP contribution in [0.2, 0.25) is 0 Å². The second kappa shape index (κ2) is 43.7. The molecule has 0 saturated carbocycles. The van der Waals surface area contributed by atoms with E-state index in [1.807, 2.05) is 0 Å². The van der Waals surface area contributed by atoms with Gasteiger partial charge in [0.15, 0.2) is 6.29 Å². The molecule has 0 aliphatic carbocycles. The van der Waals surface area contributed by atoms with Crippen LogP contribution in [0.3, 0.4) is 0 Å². The summed E-state index contributed by atoms with van der Waals surface area (Å²) >= 11 is 0. The van der Waals surface area contributed by atoms with Crippen molar-refractivity contribution < 1.29 is 44.2 Å². The monoisotopic (exact) mass is 865 g/mol. The molecule has 9 nitrogen and oxygen atoms in total. The minimum atomic E-state index is -1.54. The van der Waals surface area contributed by atoms with Gasteiger partial charge in [0.1, 0.15) is 30.5 Å². The Morgan fingerprint density at radius 1 is 0.525 bits per heavy atom. The number of hydrogen-bond acceptors (Lipinski definition) is 9. The lowest BCUT2D eigenvalue weighted by Crippen LogP contribution is -2.59. The number of aliphatic hydroxyl groups is 4. The SMILES string of the molecule is CCCCCC/C=C\C/C=C\CCCCCCCCCC(=O)OC(COCCCCCCCCCCCC/C=C\CCCCCCCC)COC1OC(CO)C(O)C(O)C1O. The first-order valence-corrected chi connectivity index (χ1v) is 25.6. The van der Waals surface area contributed by atoms with E-state index in [2.05, 4.69) is 50.3 Å². The van der Waals surface area contributed by atoms with Crippen LogP contribution in [0.1, 0.15) is 226 Å². The largest absolute Gasteiger partial charge is 0.457 e. The van der Waals surface area contributed by atoms with E-state index >= 15 is 0 Å². The van der Waals surface area contributed by atoms with E-state index in [1.165, 1.54) is 161 Å². The van der Waals surface area contributed by atoms with E-state index in [0.717, 1.165) is 44.9 Å². The summed E-state index contributed by atoms with van der Waals surface area (Å²) in [5.41, 5.74) is 0. The van der Waals surface area contributed by atoms with Gasteiger partial charge < -0.3 is 39.4 Å². The third-order valence-electron chi connectivity index (χ3n) is 11.8. The number of esters is 1. The number of allylic oxidation sites excluding steroid dienone is 6. The van der Waals surface area contributed by atoms with Crippen molar-refractivity contribution in [3.63, 3.8) is 0 Å². The van der Waals surface area contributed by atoms with E-state index in [9.17, 15) is 25.2 Å². The number of ether oxygens (including phenoxy) is 4. The maximum atomic E-state index is 12.8. The predicted molar refractivity (Wildman–Crippen MR) is 252 cm³/mol. The third-order valence-corrected chi connectivity index (χ3v) is 11.8. The quantitative estimate of drug-likeness (QED) is 0.0268. The highest BCUT2D eigenvalue weighted by Crippen LogP contribution is 2.23. The Bertz CT molecular complexity index is 1030. The zero-order valence-electron chi connectivity index (χ0n) is 39.4. The Morgan fingerprint density at radius 2 is 0.951 bits per heavy atom. The first-order valence-electron chi connectivity index (χ1n) is 25.6. The second-order valence-corrected chi connectivity index (χ2v) is 17.6. The summed E-state index contributed by atoms with van der Waals surface area (Å²) < 4.78 is 22.9. The van der Waals surface area contributed by atoms with Crippen molar-refractivity contribution in [3.8, 4) is 0 Å². The van der Waals surface area contributed by atoms with Crippen molar-refractivity contribution >= 4 is 5.97 Å². The van der Waals surface area contributed by atoms with Crippen LogP contribution >= 0.6 is 0 Å². The first kappa shape index (κ1) is 57.4. The average Bonchev–Trinajstić information content (AvgIpc) is 3.26. The zero-order valence-corrected chi connectivity index (χ0v) is 39.4. The Balaban J connectivity index is 2.21. The van der Waals surface area contributed by atoms with Crippen molar-refractivity contribution in [2.24, 2.45) is 0 Å². The van der Waals surface area contributed by atoms with Crippen molar-refractivity contribution in [2.75, 3.05) is 26.4 Å². The molecule has 1 heterocycles. The van der Waals surface area contributed by atoms with Crippen molar-refractivity contribution in [3.05, 3.63) is 36.5 Å². The summed E-state index contributed by atoms with van der Waals surface area (Å²) in [4.78, 5) is 12.8. The molecule has 6 atom stereocenters. The molecule has 0 aromatic carbocycles. The number of rotatable bonds is 44. The van der Waals surface area contributed by atoms with Gasteiger partial charge in [-0.2, -0.15) is 0 Å². The highest BCUT2D eigenvalue weighted by atomic mass is 16.7. The molecule has 6 unspecified atom stereocenters. The van der Waals surface area contributed by atoms with Crippen molar-refractivity contribution in [1.82, 2.24) is 0 Å². The fourth-order valence-electron chi connectivity index (χ4n) is 7.75. The second-order valence-electron chi connectivity index (χ2n) is 17.6. The van der Waals surface area contributed by atoms with Crippen LogP contribution in [0.15, 0.2) is 36.5 Å². The summed E-state index contributed by atoms with van der Waals surface area (Å²) in [6.07, 6.45) is 46.0. The van der Waals surface area contributed by atoms with Crippen molar-refractivity contribution in [2.45, 2.75) is 263 Å². The molecular formula is C52H96O9. The van der Waals surface area contributed by atoms with E-state index < -0.39 is 43.4 Å². The molecule has 61 heavy (non-hydrogen) atoms. The van der Waals surface area contributed by atoms with Gasteiger partial charge in [0.25, 0.3) is 0 Å². The molecule has 9 heteroatoms. The van der Waals surface area contributed by atoms with Crippen molar-refractivity contribution in [1.29, 1.82) is 0 Å².